The van der Waals surface area contributed by atoms with Crippen molar-refractivity contribution < 1.29 is 0 Å². The fourth-order valence-corrected chi connectivity index (χ4v) is 3.00. The number of hydrogen-bond acceptors (Lipinski definition) is 5. The summed E-state index contributed by atoms with van der Waals surface area (Å²) in [5.41, 5.74) is -0.130. The molecule has 0 aromatic heterocycles. The summed E-state index contributed by atoms with van der Waals surface area (Å²) in [6, 6.07) is 0. The van der Waals surface area contributed by atoms with E-state index in [1.54, 1.807) is 4.90 Å². The predicted molar refractivity (Wildman–Crippen MR) is 63.3 cm³/mol. The van der Waals surface area contributed by atoms with E-state index < -0.39 is 0 Å². The first kappa shape index (κ1) is 12.0. The molecule has 1 saturated heterocycles. The van der Waals surface area contributed by atoms with Gasteiger partial charge in [0.05, 0.1) is 5.66 Å². The Bertz CT molecular complexity index is 326. The van der Waals surface area contributed by atoms with Crippen LogP contribution in [0.5, 0.6) is 0 Å². The highest BCUT2D eigenvalue weighted by molar-refractivity contribution is 4.97. The lowest BCUT2D eigenvalue weighted by molar-refractivity contribution is 0.00574. The third kappa shape index (κ3) is 2.45. The molecule has 2 fully saturated rings. The Balaban J connectivity index is 2.02. The quantitative estimate of drug-likeness (QED) is 0.565. The lowest BCUT2D eigenvalue weighted by atomic mass is 9.87. The Morgan fingerprint density at radius 2 is 1.59 bits per heavy atom. The highest BCUT2D eigenvalue weighted by Crippen LogP contribution is 2.31. The molecule has 0 spiro atoms. The molecule has 0 aromatic rings. The summed E-state index contributed by atoms with van der Waals surface area (Å²) in [5, 5.41) is 20.8. The predicted octanol–water partition coefficient (Wildman–Crippen LogP) is 0.816. The summed E-state index contributed by atoms with van der Waals surface area (Å²) >= 11 is 0. The van der Waals surface area contributed by atoms with Crippen molar-refractivity contribution in [2.75, 3.05) is 26.2 Å². The number of piperazine rings is 1. The van der Waals surface area contributed by atoms with Crippen molar-refractivity contribution in [2.45, 2.75) is 37.8 Å². The summed E-state index contributed by atoms with van der Waals surface area (Å²) in [4.78, 5) is 4.16. The normalized spacial score (nSPS) is 24.7. The molecule has 1 saturated carbocycles. The number of nitrogens with one attached hydrogen (secondary N) is 1. The minimum Gasteiger partial charge on any atom is -0.308 e. The van der Waals surface area contributed by atoms with Crippen LogP contribution < -0.4 is 5.32 Å². The first-order chi connectivity index (χ1) is 8.30. The van der Waals surface area contributed by atoms with Crippen LogP contribution in [-0.2, 0) is 0 Å². The Morgan fingerprint density at radius 1 is 0.941 bits per heavy atom. The summed E-state index contributed by atoms with van der Waals surface area (Å²) in [7, 11) is 0. The minimum atomic E-state index is -0.130. The molecule has 0 atom stereocenters. The second-order valence-corrected chi connectivity index (χ2v) is 4.90. The van der Waals surface area contributed by atoms with E-state index in [0.29, 0.717) is 0 Å². The van der Waals surface area contributed by atoms with Gasteiger partial charge < -0.3 is 10.2 Å². The molecule has 2 rings (SSSR count). The van der Waals surface area contributed by atoms with Crippen LogP contribution >= 0.6 is 0 Å². The van der Waals surface area contributed by atoms with Crippen LogP contribution in [0.2, 0.25) is 0 Å². The molecule has 1 aliphatic carbocycles. The average Bonchev–Trinajstić information content (AvgIpc) is 2.40. The van der Waals surface area contributed by atoms with Crippen LogP contribution in [0.4, 0.5) is 0 Å². The second kappa shape index (κ2) is 5.25. The van der Waals surface area contributed by atoms with Gasteiger partial charge in [0.25, 0.3) is 0 Å². The number of hydrogen-bond donors (Lipinski definition) is 1. The third-order valence-corrected chi connectivity index (χ3v) is 4.00. The Morgan fingerprint density at radius 3 is 2.12 bits per heavy atom. The zero-order valence-corrected chi connectivity index (χ0v) is 10.2. The number of nitrogens with zero attached hydrogens (tertiary/aromatic N) is 4. The van der Waals surface area contributed by atoms with Crippen molar-refractivity contribution in [3.63, 3.8) is 0 Å². The zero-order valence-electron chi connectivity index (χ0n) is 10.2. The summed E-state index contributed by atoms with van der Waals surface area (Å²) in [6.45, 7) is 3.32. The van der Waals surface area contributed by atoms with E-state index in [1.807, 2.05) is 0 Å². The van der Waals surface area contributed by atoms with E-state index >= 15 is 0 Å². The molecule has 0 bridgehead atoms. The van der Waals surface area contributed by atoms with Crippen LogP contribution in [0.15, 0.2) is 0 Å². The van der Waals surface area contributed by atoms with Crippen LogP contribution in [0.1, 0.15) is 32.1 Å². The standard InChI is InChI=1S/C12H19N5/c13-10-15-12(4-2-1-3-5-12)17-8-6-16(11-14)7-9-17/h15H,1-9H2. The van der Waals surface area contributed by atoms with Gasteiger partial charge in [0.1, 0.15) is 0 Å². The maximum absolute atomic E-state index is 8.96. The molecule has 0 aromatic carbocycles. The Labute approximate surface area is 103 Å². The highest BCUT2D eigenvalue weighted by atomic mass is 15.4. The van der Waals surface area contributed by atoms with Crippen LogP contribution in [-0.4, -0.2) is 41.6 Å². The van der Waals surface area contributed by atoms with Crippen molar-refractivity contribution in [3.05, 3.63) is 0 Å². The van der Waals surface area contributed by atoms with Gasteiger partial charge in [-0.15, -0.1) is 0 Å². The fourth-order valence-electron chi connectivity index (χ4n) is 3.00. The maximum Gasteiger partial charge on any atom is 0.179 e. The molecule has 1 aliphatic heterocycles. The van der Waals surface area contributed by atoms with Gasteiger partial charge in [0.2, 0.25) is 0 Å². The van der Waals surface area contributed by atoms with Gasteiger partial charge in [-0.25, -0.2) is 0 Å². The Hall–Kier alpha value is -1.46. The molecule has 92 valence electrons. The topological polar surface area (TPSA) is 66.1 Å². The molecule has 0 amide bonds. The minimum absolute atomic E-state index is 0.130. The molecular weight excluding hydrogens is 214 g/mol. The van der Waals surface area contributed by atoms with E-state index in [4.69, 9.17) is 10.5 Å². The van der Waals surface area contributed by atoms with Gasteiger partial charge in [-0.3, -0.25) is 4.90 Å². The molecule has 5 nitrogen and oxygen atoms in total. The third-order valence-electron chi connectivity index (χ3n) is 4.00. The van der Waals surface area contributed by atoms with Gasteiger partial charge >= 0.3 is 0 Å². The maximum atomic E-state index is 8.96. The highest BCUT2D eigenvalue weighted by Gasteiger charge is 2.39. The molecular formula is C12H19N5. The smallest absolute Gasteiger partial charge is 0.179 e. The summed E-state index contributed by atoms with van der Waals surface area (Å²) in [6.07, 6.45) is 10.1. The summed E-state index contributed by atoms with van der Waals surface area (Å²) < 4.78 is 0. The molecule has 1 heterocycles. The van der Waals surface area contributed by atoms with E-state index in [-0.39, 0.29) is 5.66 Å². The zero-order chi connectivity index (χ0) is 12.1. The SMILES string of the molecule is N#CNC1(N2CCN(C#N)CC2)CCCCC1. The van der Waals surface area contributed by atoms with E-state index in [1.165, 1.54) is 19.3 Å². The van der Waals surface area contributed by atoms with Gasteiger partial charge in [-0.05, 0) is 25.7 Å². The van der Waals surface area contributed by atoms with Gasteiger partial charge in [0, 0.05) is 26.2 Å². The van der Waals surface area contributed by atoms with Gasteiger partial charge in [-0.1, -0.05) is 6.42 Å². The van der Waals surface area contributed by atoms with Gasteiger partial charge in [0.15, 0.2) is 12.4 Å². The molecule has 17 heavy (non-hydrogen) atoms. The fraction of sp³-hybridized carbons (Fsp3) is 0.833. The van der Waals surface area contributed by atoms with Crippen LogP contribution in [0, 0.1) is 22.9 Å². The molecule has 2 aliphatic rings. The first-order valence-electron chi connectivity index (χ1n) is 6.37. The van der Waals surface area contributed by atoms with Crippen LogP contribution in [0.3, 0.4) is 0 Å². The number of nitriles is 2. The largest absolute Gasteiger partial charge is 0.308 e. The number of rotatable bonds is 2. The van der Waals surface area contributed by atoms with Gasteiger partial charge in [-0.2, -0.15) is 10.5 Å². The van der Waals surface area contributed by atoms with E-state index in [9.17, 15) is 0 Å². The van der Waals surface area contributed by atoms with Crippen LogP contribution in [0.25, 0.3) is 0 Å². The Kier molecular flexibility index (Phi) is 3.71. The molecule has 0 radical (unpaired) electrons. The van der Waals surface area contributed by atoms with Crippen molar-refractivity contribution in [3.8, 4) is 12.4 Å². The molecule has 0 unspecified atom stereocenters. The average molecular weight is 233 g/mol. The second-order valence-electron chi connectivity index (χ2n) is 4.90. The first-order valence-corrected chi connectivity index (χ1v) is 6.37. The lowest BCUT2D eigenvalue weighted by Gasteiger charge is -2.48. The molecule has 1 N–H and O–H groups in total. The van der Waals surface area contributed by atoms with Crippen molar-refractivity contribution >= 4 is 0 Å². The van der Waals surface area contributed by atoms with E-state index in [2.05, 4.69) is 22.6 Å². The van der Waals surface area contributed by atoms with E-state index in [0.717, 1.165) is 39.0 Å². The van der Waals surface area contributed by atoms with Crippen molar-refractivity contribution in [1.29, 1.82) is 10.5 Å². The molecule has 5 heteroatoms. The lowest BCUT2D eigenvalue weighted by Crippen LogP contribution is -2.63. The van der Waals surface area contributed by atoms with Crippen molar-refractivity contribution in [2.24, 2.45) is 0 Å². The summed E-state index contributed by atoms with van der Waals surface area (Å²) in [5.74, 6) is 0. The van der Waals surface area contributed by atoms with Crippen molar-refractivity contribution in [1.82, 2.24) is 15.1 Å². The monoisotopic (exact) mass is 233 g/mol.